The van der Waals surface area contributed by atoms with Crippen LogP contribution in [-0.2, 0) is 0 Å². The van der Waals surface area contributed by atoms with Gasteiger partial charge in [0.15, 0.2) is 0 Å². The first-order valence-corrected chi connectivity index (χ1v) is 8.20. The second-order valence-corrected chi connectivity index (χ2v) is 6.73. The van der Waals surface area contributed by atoms with Crippen molar-refractivity contribution in [2.75, 3.05) is 18.0 Å². The van der Waals surface area contributed by atoms with Gasteiger partial charge in [-0.3, -0.25) is 0 Å². The fourth-order valence-corrected chi connectivity index (χ4v) is 3.13. The van der Waals surface area contributed by atoms with Gasteiger partial charge in [-0.2, -0.15) is 0 Å². The van der Waals surface area contributed by atoms with Crippen LogP contribution in [0.5, 0.6) is 0 Å². The first-order chi connectivity index (χ1) is 10.1. The summed E-state index contributed by atoms with van der Waals surface area (Å²) in [6.45, 7) is 6.36. The summed E-state index contributed by atoms with van der Waals surface area (Å²) in [6, 6.07) is 4.51. The van der Waals surface area contributed by atoms with Crippen LogP contribution in [0.4, 0.5) is 5.82 Å². The molecule has 21 heavy (non-hydrogen) atoms. The lowest BCUT2D eigenvalue weighted by Crippen LogP contribution is -2.36. The molecule has 3 rings (SSSR count). The van der Waals surface area contributed by atoms with Crippen molar-refractivity contribution < 1.29 is 0 Å². The molecule has 0 aliphatic carbocycles. The first kappa shape index (κ1) is 14.5. The zero-order valence-electron chi connectivity index (χ0n) is 12.4. The molecule has 1 unspecified atom stereocenters. The third kappa shape index (κ3) is 3.10. The van der Waals surface area contributed by atoms with Gasteiger partial charge in [-0.05, 0) is 54.8 Å². The summed E-state index contributed by atoms with van der Waals surface area (Å²) in [6.07, 6.45) is 6.03. The number of anilines is 1. The van der Waals surface area contributed by atoms with Crippen molar-refractivity contribution in [1.29, 1.82) is 0 Å². The predicted octanol–water partition coefficient (Wildman–Crippen LogP) is 3.40. The normalized spacial score (nSPS) is 19.2. The van der Waals surface area contributed by atoms with E-state index in [2.05, 4.69) is 60.5 Å². The van der Waals surface area contributed by atoms with E-state index in [1.165, 1.54) is 6.42 Å². The summed E-state index contributed by atoms with van der Waals surface area (Å²) in [4.78, 5) is 6.86. The Morgan fingerprint density at radius 2 is 2.19 bits per heavy atom. The second-order valence-electron chi connectivity index (χ2n) is 5.81. The van der Waals surface area contributed by atoms with Gasteiger partial charge in [0, 0.05) is 35.7 Å². The van der Waals surface area contributed by atoms with E-state index in [4.69, 9.17) is 0 Å². The third-order valence-electron chi connectivity index (χ3n) is 3.98. The Hall–Kier alpha value is -1.43. The van der Waals surface area contributed by atoms with Gasteiger partial charge in [-0.1, -0.05) is 0 Å². The fraction of sp³-hybridized carbons (Fsp3) is 0.533. The van der Waals surface area contributed by atoms with E-state index in [1.54, 1.807) is 0 Å². The minimum Gasteiger partial charge on any atom is -0.356 e. The minimum absolute atomic E-state index is 0.399. The minimum atomic E-state index is 0.399. The summed E-state index contributed by atoms with van der Waals surface area (Å²) >= 11 is 3.44. The van der Waals surface area contributed by atoms with Crippen molar-refractivity contribution in [2.24, 2.45) is 0 Å². The van der Waals surface area contributed by atoms with E-state index in [9.17, 15) is 0 Å². The van der Waals surface area contributed by atoms with Gasteiger partial charge < -0.3 is 9.47 Å². The summed E-state index contributed by atoms with van der Waals surface area (Å²) in [5.41, 5.74) is 0. The highest BCUT2D eigenvalue weighted by molar-refractivity contribution is 9.10. The standard InChI is InChI=1S/C15H20BrN5/c1-11(2)21-10-18-19-15(21)12-4-3-7-20(9-12)14-6-5-13(16)8-17-14/h5-6,8,10-12H,3-4,7,9H2,1-2H3. The van der Waals surface area contributed by atoms with Crippen molar-refractivity contribution in [1.82, 2.24) is 19.7 Å². The van der Waals surface area contributed by atoms with Gasteiger partial charge >= 0.3 is 0 Å². The van der Waals surface area contributed by atoms with Gasteiger partial charge in [0.2, 0.25) is 0 Å². The molecule has 2 aromatic heterocycles. The van der Waals surface area contributed by atoms with Crippen molar-refractivity contribution >= 4 is 21.7 Å². The Morgan fingerprint density at radius 3 is 2.90 bits per heavy atom. The highest BCUT2D eigenvalue weighted by Crippen LogP contribution is 2.29. The monoisotopic (exact) mass is 349 g/mol. The molecule has 1 atom stereocenters. The summed E-state index contributed by atoms with van der Waals surface area (Å²) < 4.78 is 3.20. The Labute approximate surface area is 133 Å². The number of hydrogen-bond donors (Lipinski definition) is 0. The average molecular weight is 350 g/mol. The second kappa shape index (κ2) is 6.13. The molecule has 0 bridgehead atoms. The van der Waals surface area contributed by atoms with E-state index < -0.39 is 0 Å². The molecule has 6 heteroatoms. The molecule has 2 aromatic rings. The van der Waals surface area contributed by atoms with Gasteiger partial charge in [-0.25, -0.2) is 4.98 Å². The van der Waals surface area contributed by atoms with Crippen molar-refractivity contribution in [2.45, 2.75) is 38.6 Å². The lowest BCUT2D eigenvalue weighted by molar-refractivity contribution is 0.453. The van der Waals surface area contributed by atoms with Gasteiger partial charge in [0.05, 0.1) is 0 Å². The fourth-order valence-electron chi connectivity index (χ4n) is 2.89. The third-order valence-corrected chi connectivity index (χ3v) is 4.45. The molecule has 0 radical (unpaired) electrons. The number of hydrogen-bond acceptors (Lipinski definition) is 4. The van der Waals surface area contributed by atoms with Crippen molar-refractivity contribution in [3.05, 3.63) is 35.0 Å². The first-order valence-electron chi connectivity index (χ1n) is 7.41. The number of rotatable bonds is 3. The summed E-state index contributed by atoms with van der Waals surface area (Å²) in [5.74, 6) is 2.57. The van der Waals surface area contributed by atoms with Crippen LogP contribution in [0.1, 0.15) is 44.5 Å². The van der Waals surface area contributed by atoms with E-state index >= 15 is 0 Å². The van der Waals surface area contributed by atoms with Crippen LogP contribution >= 0.6 is 15.9 Å². The molecule has 112 valence electrons. The zero-order chi connectivity index (χ0) is 14.8. The molecular weight excluding hydrogens is 330 g/mol. The molecule has 0 N–H and O–H groups in total. The molecule has 0 aromatic carbocycles. The molecule has 5 nitrogen and oxygen atoms in total. The Balaban J connectivity index is 1.79. The predicted molar refractivity (Wildman–Crippen MR) is 86.5 cm³/mol. The van der Waals surface area contributed by atoms with Crippen LogP contribution < -0.4 is 4.90 Å². The molecule has 1 fully saturated rings. The maximum Gasteiger partial charge on any atom is 0.137 e. The lowest BCUT2D eigenvalue weighted by Gasteiger charge is -2.33. The van der Waals surface area contributed by atoms with E-state index in [0.717, 1.165) is 35.6 Å². The number of nitrogens with zero attached hydrogens (tertiary/aromatic N) is 5. The van der Waals surface area contributed by atoms with Crippen LogP contribution in [0.3, 0.4) is 0 Å². The molecule has 0 spiro atoms. The van der Waals surface area contributed by atoms with Gasteiger partial charge in [0.1, 0.15) is 18.0 Å². The molecular formula is C15H20BrN5. The number of halogens is 1. The Bertz CT molecular complexity index is 592. The number of piperidine rings is 1. The Kier molecular flexibility index (Phi) is 4.24. The quantitative estimate of drug-likeness (QED) is 0.851. The van der Waals surface area contributed by atoms with E-state index in [-0.39, 0.29) is 0 Å². The van der Waals surface area contributed by atoms with Crippen LogP contribution in [0, 0.1) is 0 Å². The SMILES string of the molecule is CC(C)n1cnnc1C1CCCN(c2ccc(Br)cn2)C1. The summed E-state index contributed by atoms with van der Waals surface area (Å²) in [5, 5.41) is 8.46. The Morgan fingerprint density at radius 1 is 1.33 bits per heavy atom. The topological polar surface area (TPSA) is 46.8 Å². The van der Waals surface area contributed by atoms with Crippen LogP contribution in [-0.4, -0.2) is 32.8 Å². The highest BCUT2D eigenvalue weighted by atomic mass is 79.9. The van der Waals surface area contributed by atoms with Gasteiger partial charge in [0.25, 0.3) is 0 Å². The molecule has 1 aliphatic rings. The zero-order valence-corrected chi connectivity index (χ0v) is 14.0. The lowest BCUT2D eigenvalue weighted by atomic mass is 9.97. The maximum absolute atomic E-state index is 4.51. The van der Waals surface area contributed by atoms with E-state index in [0.29, 0.717) is 12.0 Å². The average Bonchev–Trinajstić information content (AvgIpc) is 2.98. The van der Waals surface area contributed by atoms with Crippen molar-refractivity contribution in [3.63, 3.8) is 0 Å². The van der Waals surface area contributed by atoms with Crippen LogP contribution in [0.25, 0.3) is 0 Å². The smallest absolute Gasteiger partial charge is 0.137 e. The molecule has 0 amide bonds. The van der Waals surface area contributed by atoms with Gasteiger partial charge in [-0.15, -0.1) is 10.2 Å². The largest absolute Gasteiger partial charge is 0.356 e. The maximum atomic E-state index is 4.51. The number of pyridine rings is 1. The van der Waals surface area contributed by atoms with E-state index in [1.807, 2.05) is 18.6 Å². The van der Waals surface area contributed by atoms with Crippen LogP contribution in [0.2, 0.25) is 0 Å². The summed E-state index contributed by atoms with van der Waals surface area (Å²) in [7, 11) is 0. The molecule has 3 heterocycles. The number of aromatic nitrogens is 4. The molecule has 1 saturated heterocycles. The van der Waals surface area contributed by atoms with Crippen LogP contribution in [0.15, 0.2) is 29.1 Å². The molecule has 1 aliphatic heterocycles. The highest BCUT2D eigenvalue weighted by Gasteiger charge is 2.26. The van der Waals surface area contributed by atoms with Crippen molar-refractivity contribution in [3.8, 4) is 0 Å². The molecule has 0 saturated carbocycles.